The highest BCUT2D eigenvalue weighted by atomic mass is 32.1. The molecule has 0 atom stereocenters. The number of ether oxygens (including phenoxy) is 1. The van der Waals surface area contributed by atoms with Crippen molar-refractivity contribution in [1.29, 1.82) is 0 Å². The number of hydrazine groups is 1. The van der Waals surface area contributed by atoms with Gasteiger partial charge >= 0.3 is 0 Å². The van der Waals surface area contributed by atoms with Crippen molar-refractivity contribution in [2.24, 2.45) is 5.84 Å². The first-order valence-corrected chi connectivity index (χ1v) is 4.15. The Morgan fingerprint density at radius 3 is 2.92 bits per heavy atom. The molecule has 1 rings (SSSR count). The maximum atomic E-state index is 5.31. The predicted molar refractivity (Wildman–Crippen MR) is 52.7 cm³/mol. The van der Waals surface area contributed by atoms with Crippen LogP contribution in [0.15, 0.2) is 23.1 Å². The van der Waals surface area contributed by atoms with Gasteiger partial charge in [-0.1, -0.05) is 6.07 Å². The van der Waals surface area contributed by atoms with E-state index in [0.29, 0.717) is 6.61 Å². The Hall–Kier alpha value is -0.870. The summed E-state index contributed by atoms with van der Waals surface area (Å²) in [5.74, 6) is 6.01. The summed E-state index contributed by atoms with van der Waals surface area (Å²) >= 11 is 4.26. The van der Waals surface area contributed by atoms with Gasteiger partial charge in [-0.2, -0.15) is 0 Å². The Kier molecular flexibility index (Phi) is 3.25. The Bertz CT molecular complexity index is 265. The normalized spacial score (nSPS) is 9.58. The number of benzene rings is 1. The monoisotopic (exact) mass is 184 g/mol. The third-order valence-electron chi connectivity index (χ3n) is 1.45. The topological polar surface area (TPSA) is 47.3 Å². The second-order valence-electron chi connectivity index (χ2n) is 2.23. The van der Waals surface area contributed by atoms with Gasteiger partial charge in [-0.05, 0) is 19.1 Å². The minimum absolute atomic E-state index is 0.627. The van der Waals surface area contributed by atoms with Gasteiger partial charge in [-0.25, -0.2) is 0 Å². The third-order valence-corrected chi connectivity index (χ3v) is 1.92. The summed E-state index contributed by atoms with van der Waals surface area (Å²) in [6.07, 6.45) is 0. The van der Waals surface area contributed by atoms with Crippen molar-refractivity contribution >= 4 is 18.3 Å². The molecule has 0 amide bonds. The lowest BCUT2D eigenvalue weighted by Crippen LogP contribution is -2.07. The molecule has 0 aliphatic rings. The molecule has 66 valence electrons. The van der Waals surface area contributed by atoms with Crippen LogP contribution in [0.3, 0.4) is 0 Å². The molecule has 3 N–H and O–H groups in total. The summed E-state index contributed by atoms with van der Waals surface area (Å²) in [7, 11) is 0. The molecule has 4 heteroatoms. The molecule has 0 aromatic heterocycles. The van der Waals surface area contributed by atoms with Gasteiger partial charge in [0.15, 0.2) is 0 Å². The van der Waals surface area contributed by atoms with E-state index in [0.717, 1.165) is 16.3 Å². The molecule has 0 fully saturated rings. The quantitative estimate of drug-likeness (QED) is 0.380. The molecule has 3 nitrogen and oxygen atoms in total. The number of nitrogen functional groups attached to an aromatic ring is 1. The highest BCUT2D eigenvalue weighted by molar-refractivity contribution is 7.80. The van der Waals surface area contributed by atoms with Gasteiger partial charge in [-0.3, -0.25) is 5.84 Å². The Balaban J connectivity index is 2.97. The summed E-state index contributed by atoms with van der Waals surface area (Å²) in [6.45, 7) is 2.55. The molecule has 12 heavy (non-hydrogen) atoms. The molecule has 0 unspecified atom stereocenters. The molecule has 1 aromatic rings. The van der Waals surface area contributed by atoms with E-state index < -0.39 is 0 Å². The van der Waals surface area contributed by atoms with Crippen molar-refractivity contribution in [2.75, 3.05) is 12.0 Å². The smallest absolute Gasteiger partial charge is 0.134 e. The highest BCUT2D eigenvalue weighted by Crippen LogP contribution is 2.29. The van der Waals surface area contributed by atoms with Gasteiger partial charge in [-0.15, -0.1) is 12.6 Å². The number of rotatable bonds is 3. The first-order chi connectivity index (χ1) is 5.79. The average Bonchev–Trinajstić information content (AvgIpc) is 2.09. The minimum atomic E-state index is 0.627. The van der Waals surface area contributed by atoms with E-state index >= 15 is 0 Å². The van der Waals surface area contributed by atoms with Crippen molar-refractivity contribution in [2.45, 2.75) is 11.8 Å². The SMILES string of the molecule is CCOc1cccc(NN)c1S. The summed E-state index contributed by atoms with van der Waals surface area (Å²) in [5.41, 5.74) is 3.31. The lowest BCUT2D eigenvalue weighted by Gasteiger charge is -2.09. The predicted octanol–water partition coefficient (Wildman–Crippen LogP) is 1.66. The van der Waals surface area contributed by atoms with Crippen LogP contribution in [0.5, 0.6) is 5.75 Å². The molecular weight excluding hydrogens is 172 g/mol. The molecule has 0 heterocycles. The number of hydrogen-bond acceptors (Lipinski definition) is 4. The van der Waals surface area contributed by atoms with E-state index in [4.69, 9.17) is 10.6 Å². The van der Waals surface area contributed by atoms with Crippen LogP contribution in [0.1, 0.15) is 6.92 Å². The number of anilines is 1. The summed E-state index contributed by atoms with van der Waals surface area (Å²) in [4.78, 5) is 0.738. The first-order valence-electron chi connectivity index (χ1n) is 3.71. The van der Waals surface area contributed by atoms with Crippen LogP contribution in [0.2, 0.25) is 0 Å². The zero-order valence-corrected chi connectivity index (χ0v) is 7.77. The molecule has 1 aromatic carbocycles. The van der Waals surface area contributed by atoms with E-state index in [-0.39, 0.29) is 0 Å². The van der Waals surface area contributed by atoms with Gasteiger partial charge < -0.3 is 10.2 Å². The summed E-state index contributed by atoms with van der Waals surface area (Å²) in [6, 6.07) is 5.55. The van der Waals surface area contributed by atoms with E-state index in [1.165, 1.54) is 0 Å². The molecule has 0 saturated heterocycles. The molecular formula is C8H12N2OS. The lowest BCUT2D eigenvalue weighted by atomic mass is 10.3. The molecule has 0 spiro atoms. The Morgan fingerprint density at radius 2 is 2.33 bits per heavy atom. The van der Waals surface area contributed by atoms with Gasteiger partial charge in [0.25, 0.3) is 0 Å². The van der Waals surface area contributed by atoms with E-state index in [2.05, 4.69) is 18.1 Å². The van der Waals surface area contributed by atoms with Crippen LogP contribution in [0.4, 0.5) is 5.69 Å². The van der Waals surface area contributed by atoms with E-state index in [1.54, 1.807) is 0 Å². The van der Waals surface area contributed by atoms with E-state index in [9.17, 15) is 0 Å². The zero-order chi connectivity index (χ0) is 8.97. The number of nitrogens with one attached hydrogen (secondary N) is 1. The molecule has 0 saturated carbocycles. The van der Waals surface area contributed by atoms with Crippen molar-refractivity contribution in [3.63, 3.8) is 0 Å². The fourth-order valence-corrected chi connectivity index (χ4v) is 1.19. The largest absolute Gasteiger partial charge is 0.493 e. The van der Waals surface area contributed by atoms with Gasteiger partial charge in [0, 0.05) is 0 Å². The molecule has 0 aliphatic heterocycles. The second kappa shape index (κ2) is 4.23. The van der Waals surface area contributed by atoms with Crippen LogP contribution in [-0.4, -0.2) is 6.61 Å². The van der Waals surface area contributed by atoms with Crippen molar-refractivity contribution in [1.82, 2.24) is 0 Å². The Morgan fingerprint density at radius 1 is 1.58 bits per heavy atom. The minimum Gasteiger partial charge on any atom is -0.493 e. The van der Waals surface area contributed by atoms with Gasteiger partial charge in [0.05, 0.1) is 17.2 Å². The molecule has 0 bridgehead atoms. The van der Waals surface area contributed by atoms with Crippen LogP contribution in [0, 0.1) is 0 Å². The average molecular weight is 184 g/mol. The second-order valence-corrected chi connectivity index (χ2v) is 2.68. The fourth-order valence-electron chi connectivity index (χ4n) is 0.911. The standard InChI is InChI=1S/C8H12N2OS/c1-2-11-7-5-3-4-6(10-9)8(7)12/h3-5,10,12H,2,9H2,1H3. The first kappa shape index (κ1) is 9.22. The van der Waals surface area contributed by atoms with E-state index in [1.807, 2.05) is 25.1 Å². The van der Waals surface area contributed by atoms with Gasteiger partial charge in [0.1, 0.15) is 5.75 Å². The zero-order valence-electron chi connectivity index (χ0n) is 6.87. The van der Waals surface area contributed by atoms with Crippen LogP contribution < -0.4 is 16.0 Å². The maximum absolute atomic E-state index is 5.31. The van der Waals surface area contributed by atoms with Gasteiger partial charge in [0.2, 0.25) is 0 Å². The van der Waals surface area contributed by atoms with Crippen LogP contribution >= 0.6 is 12.6 Å². The Labute approximate surface area is 77.3 Å². The highest BCUT2D eigenvalue weighted by Gasteiger charge is 2.02. The summed E-state index contributed by atoms with van der Waals surface area (Å²) < 4.78 is 5.31. The lowest BCUT2D eigenvalue weighted by molar-refractivity contribution is 0.333. The van der Waals surface area contributed by atoms with Crippen molar-refractivity contribution in [3.8, 4) is 5.75 Å². The number of thiol groups is 1. The summed E-state index contributed by atoms with van der Waals surface area (Å²) in [5, 5.41) is 0. The fraction of sp³-hybridized carbons (Fsp3) is 0.250. The number of nitrogens with two attached hydrogens (primary N) is 1. The van der Waals surface area contributed by atoms with Crippen LogP contribution in [-0.2, 0) is 0 Å². The molecule has 0 aliphatic carbocycles. The molecule has 0 radical (unpaired) electrons. The maximum Gasteiger partial charge on any atom is 0.134 e. The van der Waals surface area contributed by atoms with Crippen molar-refractivity contribution < 1.29 is 4.74 Å². The van der Waals surface area contributed by atoms with Crippen LogP contribution in [0.25, 0.3) is 0 Å². The number of hydrogen-bond donors (Lipinski definition) is 3. The third kappa shape index (κ3) is 1.84. The van der Waals surface area contributed by atoms with Crippen molar-refractivity contribution in [3.05, 3.63) is 18.2 Å².